The molecule has 3 saturated heterocycles. The average molecular weight is 725 g/mol. The summed E-state index contributed by atoms with van der Waals surface area (Å²) in [5.74, 6) is -0.342. The molecule has 0 radical (unpaired) electrons. The number of nitrogens with zero attached hydrogens (tertiary/aromatic N) is 8. The normalized spacial score (nSPS) is 21.7. The van der Waals surface area contributed by atoms with Crippen LogP contribution in [0, 0.1) is 0 Å². The van der Waals surface area contributed by atoms with Gasteiger partial charge in [-0.05, 0) is 56.2 Å². The van der Waals surface area contributed by atoms with Crippen LogP contribution in [-0.4, -0.2) is 101 Å². The van der Waals surface area contributed by atoms with Crippen molar-refractivity contribution in [2.24, 2.45) is 0 Å². The van der Waals surface area contributed by atoms with Gasteiger partial charge in [-0.3, -0.25) is 9.69 Å². The highest BCUT2D eigenvalue weighted by Crippen LogP contribution is 2.37. The molecule has 2 aromatic carbocycles. The quantitative estimate of drug-likeness (QED) is 0.207. The molecule has 3 fully saturated rings. The number of likely N-dealkylation sites (N-methyl/N-ethyl adjacent to an activating group) is 1. The first-order valence-corrected chi connectivity index (χ1v) is 17.6. The molecule has 0 aliphatic carbocycles. The molecule has 3 unspecified atom stereocenters. The van der Waals surface area contributed by atoms with Gasteiger partial charge in [-0.25, -0.2) is 13.2 Å². The third kappa shape index (κ3) is 7.48. The first-order valence-electron chi connectivity index (χ1n) is 17.2. The maximum atomic E-state index is 12.8. The van der Waals surface area contributed by atoms with Crippen molar-refractivity contribution < 1.29 is 27.2 Å². The van der Waals surface area contributed by atoms with Gasteiger partial charge >= 0.3 is 12.4 Å². The van der Waals surface area contributed by atoms with Gasteiger partial charge in [0.1, 0.15) is 12.0 Å². The molecule has 51 heavy (non-hydrogen) atoms. The Morgan fingerprint density at radius 3 is 2.69 bits per heavy atom. The Kier molecular flexibility index (Phi) is 10.3. The van der Waals surface area contributed by atoms with E-state index in [-0.39, 0.29) is 23.9 Å². The van der Waals surface area contributed by atoms with Crippen LogP contribution in [0.15, 0.2) is 47.0 Å². The van der Waals surface area contributed by atoms with Crippen LogP contribution in [0.3, 0.4) is 0 Å². The second kappa shape index (κ2) is 15.0. The third-order valence-corrected chi connectivity index (χ3v) is 10.5. The van der Waals surface area contributed by atoms with Crippen molar-refractivity contribution in [3.8, 4) is 6.01 Å². The SMILES string of the molecule is COc1nc2c(c(N(C)C3CCN(C(=O)/C=C/c4nc(C(F)F)no4)C3)n1)CCN(c1cccc3cccc(Cl)c13)C2.FC1CC2CCCN2C1. The number of carbonyl (C=O) groups is 1. The van der Waals surface area contributed by atoms with E-state index in [1.54, 1.807) is 12.0 Å². The first-order chi connectivity index (χ1) is 24.7. The van der Waals surface area contributed by atoms with E-state index in [1.165, 1.54) is 25.0 Å². The van der Waals surface area contributed by atoms with Gasteiger partial charge in [-0.1, -0.05) is 41.0 Å². The molecule has 270 valence electrons. The van der Waals surface area contributed by atoms with Crippen molar-refractivity contribution >= 4 is 45.9 Å². The number of ether oxygens (including phenoxy) is 1. The molecule has 1 amide bonds. The Balaban J connectivity index is 0.000000389. The fraction of sp³-hybridized carbons (Fsp3) is 0.472. The minimum absolute atomic E-state index is 0.00907. The Labute approximate surface area is 299 Å². The van der Waals surface area contributed by atoms with E-state index in [0.717, 1.165) is 65.9 Å². The molecule has 4 aliphatic heterocycles. The highest BCUT2D eigenvalue weighted by molar-refractivity contribution is 6.36. The number of likely N-dealkylation sites (tertiary alicyclic amines) is 1. The Morgan fingerprint density at radius 2 is 1.92 bits per heavy atom. The van der Waals surface area contributed by atoms with E-state index in [2.05, 4.69) is 43.0 Å². The van der Waals surface area contributed by atoms with Crippen LogP contribution in [0.4, 0.5) is 24.7 Å². The second-order valence-corrected chi connectivity index (χ2v) is 13.7. The summed E-state index contributed by atoms with van der Waals surface area (Å²) in [5.41, 5.74) is 2.99. The zero-order chi connectivity index (χ0) is 35.6. The molecule has 11 nitrogen and oxygen atoms in total. The van der Waals surface area contributed by atoms with Crippen LogP contribution in [0.1, 0.15) is 55.1 Å². The van der Waals surface area contributed by atoms with Crippen molar-refractivity contribution in [2.75, 3.05) is 56.7 Å². The number of rotatable bonds is 7. The number of aromatic nitrogens is 4. The number of alkyl halides is 3. The molecule has 4 aliphatic rings. The van der Waals surface area contributed by atoms with Gasteiger partial charge in [0.25, 0.3) is 5.89 Å². The fourth-order valence-corrected chi connectivity index (χ4v) is 7.90. The fourth-order valence-electron chi connectivity index (χ4n) is 7.63. The van der Waals surface area contributed by atoms with Crippen LogP contribution >= 0.6 is 11.6 Å². The van der Waals surface area contributed by atoms with E-state index >= 15 is 0 Å². The van der Waals surface area contributed by atoms with Crippen LogP contribution in [-0.2, 0) is 17.8 Å². The number of hydrogen-bond acceptors (Lipinski definition) is 10. The lowest BCUT2D eigenvalue weighted by atomic mass is 10.0. The van der Waals surface area contributed by atoms with Gasteiger partial charge in [-0.15, -0.1) is 0 Å². The molecule has 2 aromatic heterocycles. The molecule has 8 rings (SSSR count). The van der Waals surface area contributed by atoms with Gasteiger partial charge in [0.15, 0.2) is 0 Å². The minimum atomic E-state index is -2.84. The molecule has 4 aromatic rings. The molecule has 3 atom stereocenters. The summed E-state index contributed by atoms with van der Waals surface area (Å²) < 4.78 is 48.2. The number of anilines is 2. The predicted molar refractivity (Wildman–Crippen MR) is 188 cm³/mol. The Morgan fingerprint density at radius 1 is 1.10 bits per heavy atom. The van der Waals surface area contributed by atoms with E-state index in [0.29, 0.717) is 37.2 Å². The van der Waals surface area contributed by atoms with Crippen LogP contribution in [0.25, 0.3) is 16.8 Å². The molecule has 0 N–H and O–H groups in total. The summed E-state index contributed by atoms with van der Waals surface area (Å²) in [7, 11) is 3.52. The smallest absolute Gasteiger partial charge is 0.318 e. The highest BCUT2D eigenvalue weighted by atomic mass is 35.5. The third-order valence-electron chi connectivity index (χ3n) is 10.2. The number of methoxy groups -OCH3 is 1. The minimum Gasteiger partial charge on any atom is -0.467 e. The summed E-state index contributed by atoms with van der Waals surface area (Å²) in [5, 5.41) is 6.00. The molecule has 15 heteroatoms. The zero-order valence-corrected chi connectivity index (χ0v) is 29.3. The van der Waals surface area contributed by atoms with Crippen molar-refractivity contribution in [3.05, 3.63) is 70.5 Å². The van der Waals surface area contributed by atoms with Crippen LogP contribution in [0.5, 0.6) is 6.01 Å². The van der Waals surface area contributed by atoms with Crippen LogP contribution < -0.4 is 14.5 Å². The molecule has 6 heterocycles. The van der Waals surface area contributed by atoms with Gasteiger partial charge in [0.2, 0.25) is 11.7 Å². The molecular weight excluding hydrogens is 685 g/mol. The number of amides is 1. The number of fused-ring (bicyclic) bond motifs is 3. The predicted octanol–water partition coefficient (Wildman–Crippen LogP) is 6.12. The van der Waals surface area contributed by atoms with Gasteiger partial charge in [0, 0.05) is 74.1 Å². The Hall–Kier alpha value is -4.43. The zero-order valence-electron chi connectivity index (χ0n) is 28.5. The lowest BCUT2D eigenvalue weighted by molar-refractivity contribution is -0.124. The topological polar surface area (TPSA) is 104 Å². The van der Waals surface area contributed by atoms with Crippen molar-refractivity contribution in [1.29, 1.82) is 0 Å². The lowest BCUT2D eigenvalue weighted by Gasteiger charge is -2.34. The lowest BCUT2D eigenvalue weighted by Crippen LogP contribution is -2.39. The maximum absolute atomic E-state index is 12.8. The largest absolute Gasteiger partial charge is 0.467 e. The summed E-state index contributed by atoms with van der Waals surface area (Å²) in [6.07, 6.45) is 3.94. The van der Waals surface area contributed by atoms with E-state index in [1.807, 2.05) is 25.2 Å². The van der Waals surface area contributed by atoms with Crippen molar-refractivity contribution in [2.45, 2.75) is 63.3 Å². The number of halogens is 4. The van der Waals surface area contributed by atoms with Gasteiger partial charge in [-0.2, -0.15) is 15.0 Å². The van der Waals surface area contributed by atoms with Gasteiger partial charge < -0.3 is 24.0 Å². The standard InChI is InChI=1S/C29H28ClF2N7O3.C7H12FN/c1-37(18-11-13-39(15-18)24(40)10-9-23-34-27(26(31)32)36-42-23)28-19-12-14-38(16-21(19)33-29(35-28)41-2)22-8-4-6-17-5-3-7-20(30)25(17)22;8-6-4-7-2-1-3-9(7)5-6/h3-10,18,26H,11-16H2,1-2H3;6-7H,1-5H2/b10-9+;. The number of carbonyl (C=O) groups excluding carboxylic acids is 1. The molecular formula is C36H40ClF3N8O3. The first kappa shape index (κ1) is 35.0. The van der Waals surface area contributed by atoms with E-state index in [4.69, 9.17) is 30.8 Å². The maximum Gasteiger partial charge on any atom is 0.318 e. The van der Waals surface area contributed by atoms with Gasteiger partial charge in [0.05, 0.1) is 24.4 Å². The monoisotopic (exact) mass is 724 g/mol. The summed E-state index contributed by atoms with van der Waals surface area (Å²) in [6, 6.07) is 13.0. The highest BCUT2D eigenvalue weighted by Gasteiger charge is 2.35. The van der Waals surface area contributed by atoms with E-state index in [9.17, 15) is 18.0 Å². The molecule has 0 spiro atoms. The summed E-state index contributed by atoms with van der Waals surface area (Å²) in [6.45, 7) is 4.19. The van der Waals surface area contributed by atoms with E-state index < -0.39 is 18.4 Å². The molecule has 0 saturated carbocycles. The second-order valence-electron chi connectivity index (χ2n) is 13.3. The Bertz CT molecular complexity index is 1890. The van der Waals surface area contributed by atoms with Crippen molar-refractivity contribution in [3.63, 3.8) is 0 Å². The van der Waals surface area contributed by atoms with Crippen LogP contribution in [0.2, 0.25) is 5.02 Å². The number of hydrogen-bond donors (Lipinski definition) is 0. The summed E-state index contributed by atoms with van der Waals surface area (Å²) >= 11 is 6.62. The molecule has 0 bridgehead atoms. The van der Waals surface area contributed by atoms with Crippen molar-refractivity contribution in [1.82, 2.24) is 29.9 Å². The summed E-state index contributed by atoms with van der Waals surface area (Å²) in [4.78, 5) is 34.2. The number of benzene rings is 2. The average Bonchev–Trinajstić information content (AvgIpc) is 3.95.